The van der Waals surface area contributed by atoms with Gasteiger partial charge in [-0.05, 0) is 141 Å². The lowest BCUT2D eigenvalue weighted by Gasteiger charge is -2.28. The highest BCUT2D eigenvalue weighted by Crippen LogP contribution is 2.44. The van der Waals surface area contributed by atoms with E-state index in [2.05, 4.69) is 148 Å². The number of methoxy groups -OCH3 is 2. The number of aryl methyl sites for hydroxylation is 5. The lowest BCUT2D eigenvalue weighted by molar-refractivity contribution is 0.414. The smallest absolute Gasteiger partial charge is 0.137 e. The first-order valence-corrected chi connectivity index (χ1v) is 16.2. The Hall–Kier alpha value is -5.68. The summed E-state index contributed by atoms with van der Waals surface area (Å²) in [6, 6.07) is 40.6. The van der Waals surface area contributed by atoms with Crippen LogP contribution < -0.4 is 19.3 Å². The number of fused-ring (bicyclic) bond motifs is 3. The van der Waals surface area contributed by atoms with Crippen molar-refractivity contribution in [2.45, 2.75) is 34.6 Å². The van der Waals surface area contributed by atoms with Crippen LogP contribution in [0.2, 0.25) is 0 Å². The maximum absolute atomic E-state index is 6.75. The molecule has 5 nitrogen and oxygen atoms in total. The quantitative estimate of drug-likeness (QED) is 0.167. The standard InChI is InChI=1S/C43H40N2O3/c1-27-10-8-12-32(20-27)44(39-18-15-36(46-6)23-29(39)3)34-14-17-38-41(25-34)48-42-26-35(22-31(5)43(38)42)45(33-13-9-11-28(2)21-33)40-19-16-37(47-7)24-30(40)4/h8-26H,1-7H3. The lowest BCUT2D eigenvalue weighted by atomic mass is 10.0. The highest BCUT2D eigenvalue weighted by Gasteiger charge is 2.21. The van der Waals surface area contributed by atoms with Crippen molar-refractivity contribution < 1.29 is 13.9 Å². The third-order valence-electron chi connectivity index (χ3n) is 9.06. The molecule has 0 unspecified atom stereocenters. The first kappa shape index (κ1) is 30.9. The summed E-state index contributed by atoms with van der Waals surface area (Å²) >= 11 is 0. The van der Waals surface area contributed by atoms with E-state index in [0.717, 1.165) is 84.3 Å². The number of benzene rings is 6. The van der Waals surface area contributed by atoms with E-state index in [4.69, 9.17) is 13.9 Å². The van der Waals surface area contributed by atoms with Gasteiger partial charge in [0.05, 0.1) is 19.9 Å². The Morgan fingerprint density at radius 2 is 0.979 bits per heavy atom. The molecule has 0 N–H and O–H groups in total. The van der Waals surface area contributed by atoms with Gasteiger partial charge in [0.1, 0.15) is 22.7 Å². The molecule has 7 aromatic rings. The van der Waals surface area contributed by atoms with Crippen molar-refractivity contribution in [1.29, 1.82) is 0 Å². The molecule has 48 heavy (non-hydrogen) atoms. The molecule has 0 saturated carbocycles. The average Bonchev–Trinajstić information content (AvgIpc) is 3.45. The van der Waals surface area contributed by atoms with Gasteiger partial charge >= 0.3 is 0 Å². The molecule has 0 aliphatic carbocycles. The molecule has 0 aliphatic rings. The summed E-state index contributed by atoms with van der Waals surface area (Å²) in [6.07, 6.45) is 0. The minimum absolute atomic E-state index is 0.837. The summed E-state index contributed by atoms with van der Waals surface area (Å²) in [4.78, 5) is 4.59. The van der Waals surface area contributed by atoms with Crippen molar-refractivity contribution in [2.75, 3.05) is 24.0 Å². The zero-order valence-corrected chi connectivity index (χ0v) is 28.6. The first-order chi connectivity index (χ1) is 23.2. The van der Waals surface area contributed by atoms with Crippen molar-refractivity contribution >= 4 is 56.1 Å². The van der Waals surface area contributed by atoms with Crippen LogP contribution >= 0.6 is 0 Å². The van der Waals surface area contributed by atoms with Crippen LogP contribution in [0.3, 0.4) is 0 Å². The van der Waals surface area contributed by atoms with Gasteiger partial charge in [0, 0.05) is 51.3 Å². The van der Waals surface area contributed by atoms with Crippen molar-refractivity contribution in [3.05, 3.63) is 143 Å². The number of rotatable bonds is 8. The maximum Gasteiger partial charge on any atom is 0.137 e. The van der Waals surface area contributed by atoms with Crippen LogP contribution in [-0.4, -0.2) is 14.2 Å². The second-order valence-electron chi connectivity index (χ2n) is 12.6. The summed E-state index contributed by atoms with van der Waals surface area (Å²) in [5, 5.41) is 2.22. The van der Waals surface area contributed by atoms with E-state index in [1.807, 2.05) is 12.1 Å². The number of anilines is 6. The molecule has 5 heteroatoms. The minimum Gasteiger partial charge on any atom is -0.497 e. The largest absolute Gasteiger partial charge is 0.497 e. The molecular formula is C43H40N2O3. The summed E-state index contributed by atoms with van der Waals surface area (Å²) in [7, 11) is 3.41. The fraction of sp³-hybridized carbons (Fsp3) is 0.163. The molecule has 7 rings (SSSR count). The van der Waals surface area contributed by atoms with Gasteiger partial charge in [-0.15, -0.1) is 0 Å². The van der Waals surface area contributed by atoms with Crippen molar-refractivity contribution in [1.82, 2.24) is 0 Å². The summed E-state index contributed by atoms with van der Waals surface area (Å²) in [6.45, 7) is 10.7. The molecule has 0 aliphatic heterocycles. The van der Waals surface area contributed by atoms with Crippen molar-refractivity contribution in [3.8, 4) is 11.5 Å². The highest BCUT2D eigenvalue weighted by atomic mass is 16.5. The fourth-order valence-electron chi connectivity index (χ4n) is 6.75. The van der Waals surface area contributed by atoms with Gasteiger partial charge in [0.2, 0.25) is 0 Å². The van der Waals surface area contributed by atoms with Gasteiger partial charge in [-0.25, -0.2) is 0 Å². The number of nitrogens with zero attached hydrogens (tertiary/aromatic N) is 2. The molecule has 240 valence electrons. The van der Waals surface area contributed by atoms with Crippen molar-refractivity contribution in [3.63, 3.8) is 0 Å². The number of ether oxygens (including phenoxy) is 2. The molecule has 0 atom stereocenters. The third kappa shape index (κ3) is 5.62. The van der Waals surface area contributed by atoms with E-state index >= 15 is 0 Å². The van der Waals surface area contributed by atoms with E-state index in [-0.39, 0.29) is 0 Å². The Labute approximate surface area is 282 Å². The molecule has 0 bridgehead atoms. The third-order valence-corrected chi connectivity index (χ3v) is 9.06. The Morgan fingerprint density at radius 1 is 0.458 bits per heavy atom. The second-order valence-corrected chi connectivity index (χ2v) is 12.6. The molecule has 0 saturated heterocycles. The van der Waals surface area contributed by atoms with Gasteiger partial charge in [-0.2, -0.15) is 0 Å². The molecule has 0 radical (unpaired) electrons. The fourth-order valence-corrected chi connectivity index (χ4v) is 6.75. The van der Waals surface area contributed by atoms with Gasteiger partial charge in [0.15, 0.2) is 0 Å². The zero-order valence-electron chi connectivity index (χ0n) is 28.6. The molecular weight excluding hydrogens is 592 g/mol. The summed E-state index contributed by atoms with van der Waals surface area (Å²) in [5.74, 6) is 1.67. The first-order valence-electron chi connectivity index (χ1n) is 16.2. The van der Waals surface area contributed by atoms with E-state index in [1.54, 1.807) is 14.2 Å². The summed E-state index contributed by atoms with van der Waals surface area (Å²) in [5.41, 5.74) is 13.9. The SMILES string of the molecule is COc1ccc(N(c2cccc(C)c2)c2ccc3c(c2)oc2cc(N(c4cccc(C)c4)c4ccc(OC)cc4C)cc(C)c23)c(C)c1. The van der Waals surface area contributed by atoms with Crippen LogP contribution in [0.5, 0.6) is 11.5 Å². The minimum atomic E-state index is 0.837. The maximum atomic E-state index is 6.75. The van der Waals surface area contributed by atoms with E-state index in [9.17, 15) is 0 Å². The van der Waals surface area contributed by atoms with Gasteiger partial charge in [0.25, 0.3) is 0 Å². The highest BCUT2D eigenvalue weighted by molar-refractivity contribution is 6.09. The Kier molecular flexibility index (Phi) is 8.06. The van der Waals surface area contributed by atoms with E-state index < -0.39 is 0 Å². The van der Waals surface area contributed by atoms with Crippen LogP contribution in [0.25, 0.3) is 21.9 Å². The van der Waals surface area contributed by atoms with Gasteiger partial charge in [-0.3, -0.25) is 0 Å². The van der Waals surface area contributed by atoms with Crippen LogP contribution in [0, 0.1) is 34.6 Å². The average molecular weight is 633 g/mol. The lowest BCUT2D eigenvalue weighted by Crippen LogP contribution is -2.12. The van der Waals surface area contributed by atoms with Gasteiger partial charge < -0.3 is 23.7 Å². The molecule has 1 aromatic heterocycles. The zero-order chi connectivity index (χ0) is 33.5. The predicted octanol–water partition coefficient (Wildman–Crippen LogP) is 12.1. The second kappa shape index (κ2) is 12.5. The Morgan fingerprint density at radius 3 is 1.50 bits per heavy atom. The van der Waals surface area contributed by atoms with Crippen molar-refractivity contribution in [2.24, 2.45) is 0 Å². The molecule has 0 amide bonds. The summed E-state index contributed by atoms with van der Waals surface area (Å²) < 4.78 is 17.8. The Bertz CT molecular complexity index is 2300. The normalized spacial score (nSPS) is 11.2. The predicted molar refractivity (Wildman–Crippen MR) is 200 cm³/mol. The Balaban J connectivity index is 1.39. The number of furan rings is 1. The topological polar surface area (TPSA) is 38.1 Å². The molecule has 1 heterocycles. The monoisotopic (exact) mass is 632 g/mol. The number of hydrogen-bond donors (Lipinski definition) is 0. The van der Waals surface area contributed by atoms with E-state index in [1.165, 1.54) is 11.1 Å². The molecule has 0 spiro atoms. The van der Waals surface area contributed by atoms with Crippen LogP contribution in [0.15, 0.2) is 120 Å². The number of hydrogen-bond acceptors (Lipinski definition) is 5. The van der Waals surface area contributed by atoms with E-state index in [0.29, 0.717) is 0 Å². The van der Waals surface area contributed by atoms with Gasteiger partial charge in [-0.1, -0.05) is 24.3 Å². The van der Waals surface area contributed by atoms with Crippen LogP contribution in [0.1, 0.15) is 27.8 Å². The van der Waals surface area contributed by atoms with Crippen LogP contribution in [-0.2, 0) is 0 Å². The van der Waals surface area contributed by atoms with Crippen LogP contribution in [0.4, 0.5) is 34.1 Å². The molecule has 6 aromatic carbocycles. The molecule has 0 fully saturated rings.